The standard InChI is InChI=1S/C22H20BrN3O4S/c23-19-11-9-17(10-12-19)15-26(31(29,30)21-7-2-1-3-8-21)16-22(28)25-24-14-18-5-4-6-20(27)13-18/h1-14,27H,15-16H2,(H,25,28)/b24-14-. The minimum Gasteiger partial charge on any atom is -0.508 e. The van der Waals surface area contributed by atoms with E-state index in [0.29, 0.717) is 5.56 Å². The first-order valence-electron chi connectivity index (χ1n) is 9.25. The number of hydrogen-bond donors (Lipinski definition) is 2. The number of benzene rings is 3. The molecule has 0 saturated heterocycles. The predicted molar refractivity (Wildman–Crippen MR) is 122 cm³/mol. The molecule has 0 spiro atoms. The molecule has 0 saturated carbocycles. The van der Waals surface area contributed by atoms with Gasteiger partial charge in [0.15, 0.2) is 0 Å². The number of nitrogens with one attached hydrogen (secondary N) is 1. The van der Waals surface area contributed by atoms with E-state index in [4.69, 9.17) is 0 Å². The molecule has 0 unspecified atom stereocenters. The van der Waals surface area contributed by atoms with Crippen LogP contribution in [0.2, 0.25) is 0 Å². The van der Waals surface area contributed by atoms with Gasteiger partial charge < -0.3 is 5.11 Å². The van der Waals surface area contributed by atoms with E-state index < -0.39 is 22.5 Å². The van der Waals surface area contributed by atoms with E-state index in [1.165, 1.54) is 30.5 Å². The number of hydrogen-bond acceptors (Lipinski definition) is 5. The molecule has 7 nitrogen and oxygen atoms in total. The fraction of sp³-hybridized carbons (Fsp3) is 0.0909. The van der Waals surface area contributed by atoms with Crippen molar-refractivity contribution in [1.29, 1.82) is 0 Å². The Morgan fingerprint density at radius 1 is 1.03 bits per heavy atom. The Hall–Kier alpha value is -3.01. The third-order valence-electron chi connectivity index (χ3n) is 4.25. The molecule has 3 aromatic carbocycles. The molecule has 3 aromatic rings. The van der Waals surface area contributed by atoms with Gasteiger partial charge in [0.05, 0.1) is 17.7 Å². The summed E-state index contributed by atoms with van der Waals surface area (Å²) in [6.07, 6.45) is 1.36. The smallest absolute Gasteiger partial charge is 0.255 e. The lowest BCUT2D eigenvalue weighted by molar-refractivity contribution is -0.121. The zero-order chi connectivity index (χ0) is 22.3. The molecule has 1 amide bonds. The SMILES string of the molecule is O=C(CN(Cc1ccc(Br)cc1)S(=O)(=O)c1ccccc1)N/N=C\c1cccc(O)c1. The van der Waals surface area contributed by atoms with Crippen LogP contribution < -0.4 is 5.43 Å². The number of hydrazone groups is 1. The van der Waals surface area contributed by atoms with Gasteiger partial charge in [-0.25, -0.2) is 13.8 Å². The maximum absolute atomic E-state index is 13.1. The van der Waals surface area contributed by atoms with Gasteiger partial charge >= 0.3 is 0 Å². The second-order valence-corrected chi connectivity index (χ2v) is 9.45. The molecule has 9 heteroatoms. The molecule has 3 rings (SSSR count). The monoisotopic (exact) mass is 501 g/mol. The van der Waals surface area contributed by atoms with E-state index in [0.717, 1.165) is 14.3 Å². The highest BCUT2D eigenvalue weighted by Crippen LogP contribution is 2.19. The lowest BCUT2D eigenvalue weighted by Crippen LogP contribution is -2.39. The number of nitrogens with zero attached hydrogens (tertiary/aromatic N) is 2. The van der Waals surface area contributed by atoms with Crippen LogP contribution in [0, 0.1) is 0 Å². The van der Waals surface area contributed by atoms with Crippen LogP contribution in [-0.2, 0) is 21.4 Å². The summed E-state index contributed by atoms with van der Waals surface area (Å²) in [5, 5.41) is 13.3. The van der Waals surface area contributed by atoms with Gasteiger partial charge in [-0.15, -0.1) is 0 Å². The Morgan fingerprint density at radius 3 is 2.42 bits per heavy atom. The van der Waals surface area contributed by atoms with Crippen molar-refractivity contribution in [3.63, 3.8) is 0 Å². The minimum atomic E-state index is -3.91. The van der Waals surface area contributed by atoms with Crippen molar-refractivity contribution in [2.75, 3.05) is 6.54 Å². The van der Waals surface area contributed by atoms with Crippen LogP contribution in [0.15, 0.2) is 93.3 Å². The first-order chi connectivity index (χ1) is 14.8. The molecule has 0 aliphatic carbocycles. The van der Waals surface area contributed by atoms with E-state index in [-0.39, 0.29) is 17.2 Å². The van der Waals surface area contributed by atoms with Gasteiger partial charge in [-0.05, 0) is 47.5 Å². The van der Waals surface area contributed by atoms with Crippen LogP contribution >= 0.6 is 15.9 Å². The Morgan fingerprint density at radius 2 is 1.74 bits per heavy atom. The third-order valence-corrected chi connectivity index (χ3v) is 6.58. The molecule has 0 atom stereocenters. The van der Waals surface area contributed by atoms with E-state index in [2.05, 4.69) is 26.5 Å². The maximum Gasteiger partial charge on any atom is 0.255 e. The van der Waals surface area contributed by atoms with Crippen LogP contribution in [0.25, 0.3) is 0 Å². The number of sulfonamides is 1. The van der Waals surface area contributed by atoms with E-state index in [9.17, 15) is 18.3 Å². The quantitative estimate of drug-likeness (QED) is 0.364. The second kappa shape index (κ2) is 10.3. The molecular weight excluding hydrogens is 482 g/mol. The Kier molecular flexibility index (Phi) is 7.56. The molecule has 0 bridgehead atoms. The van der Waals surface area contributed by atoms with Crippen LogP contribution in [-0.4, -0.2) is 36.5 Å². The van der Waals surface area contributed by atoms with E-state index in [1.807, 2.05) is 12.1 Å². The lowest BCUT2D eigenvalue weighted by atomic mass is 10.2. The van der Waals surface area contributed by atoms with Crippen molar-refractivity contribution in [3.8, 4) is 5.75 Å². The molecule has 0 radical (unpaired) electrons. The van der Waals surface area contributed by atoms with Crippen molar-refractivity contribution in [2.45, 2.75) is 11.4 Å². The summed E-state index contributed by atoms with van der Waals surface area (Å²) in [6, 6.07) is 21.5. The normalized spacial score (nSPS) is 11.7. The van der Waals surface area contributed by atoms with Crippen molar-refractivity contribution >= 4 is 38.1 Å². The van der Waals surface area contributed by atoms with Crippen molar-refractivity contribution in [2.24, 2.45) is 5.10 Å². The average molecular weight is 502 g/mol. The number of phenols is 1. The number of aromatic hydroxyl groups is 1. The number of phenolic OH excluding ortho intramolecular Hbond substituents is 1. The first kappa shape index (κ1) is 22.7. The zero-order valence-electron chi connectivity index (χ0n) is 16.3. The van der Waals surface area contributed by atoms with Crippen LogP contribution in [0.3, 0.4) is 0 Å². The fourth-order valence-corrected chi connectivity index (χ4v) is 4.41. The molecule has 160 valence electrons. The molecule has 0 aliphatic heterocycles. The predicted octanol–water partition coefficient (Wildman–Crippen LogP) is 3.50. The second-order valence-electron chi connectivity index (χ2n) is 6.60. The van der Waals surface area contributed by atoms with Crippen LogP contribution in [0.1, 0.15) is 11.1 Å². The maximum atomic E-state index is 13.1. The molecule has 0 aromatic heterocycles. The molecule has 0 fully saturated rings. The molecular formula is C22H20BrN3O4S. The highest BCUT2D eigenvalue weighted by molar-refractivity contribution is 9.10. The third kappa shape index (κ3) is 6.48. The van der Waals surface area contributed by atoms with Gasteiger partial charge in [-0.1, -0.05) is 58.4 Å². The van der Waals surface area contributed by atoms with Crippen molar-refractivity contribution in [3.05, 3.63) is 94.5 Å². The highest BCUT2D eigenvalue weighted by atomic mass is 79.9. The minimum absolute atomic E-state index is 0.0220. The van der Waals surface area contributed by atoms with E-state index in [1.54, 1.807) is 42.5 Å². The fourth-order valence-electron chi connectivity index (χ4n) is 2.74. The number of halogens is 1. The largest absolute Gasteiger partial charge is 0.508 e. The Bertz CT molecular complexity index is 1170. The first-order valence-corrected chi connectivity index (χ1v) is 11.5. The number of rotatable bonds is 8. The molecule has 0 aliphatic rings. The highest BCUT2D eigenvalue weighted by Gasteiger charge is 2.26. The number of amides is 1. The number of carbonyl (C=O) groups excluding carboxylic acids is 1. The van der Waals surface area contributed by atoms with Gasteiger partial charge in [0.2, 0.25) is 10.0 Å². The van der Waals surface area contributed by atoms with Crippen molar-refractivity contribution in [1.82, 2.24) is 9.73 Å². The topological polar surface area (TPSA) is 99.1 Å². The molecule has 31 heavy (non-hydrogen) atoms. The summed E-state index contributed by atoms with van der Waals surface area (Å²) < 4.78 is 28.3. The van der Waals surface area contributed by atoms with Gasteiger partial charge in [-0.3, -0.25) is 4.79 Å². The summed E-state index contributed by atoms with van der Waals surface area (Å²) in [5.41, 5.74) is 3.66. The lowest BCUT2D eigenvalue weighted by Gasteiger charge is -2.21. The van der Waals surface area contributed by atoms with E-state index >= 15 is 0 Å². The Balaban J connectivity index is 1.77. The van der Waals surface area contributed by atoms with Crippen LogP contribution in [0.4, 0.5) is 0 Å². The van der Waals surface area contributed by atoms with Crippen molar-refractivity contribution < 1.29 is 18.3 Å². The summed E-state index contributed by atoms with van der Waals surface area (Å²) in [7, 11) is -3.91. The summed E-state index contributed by atoms with van der Waals surface area (Å²) in [4.78, 5) is 12.5. The summed E-state index contributed by atoms with van der Waals surface area (Å²) in [6.45, 7) is -0.390. The van der Waals surface area contributed by atoms with Gasteiger partial charge in [0.1, 0.15) is 5.75 Å². The Labute approximate surface area is 189 Å². The van der Waals surface area contributed by atoms with Gasteiger partial charge in [0, 0.05) is 11.0 Å². The van der Waals surface area contributed by atoms with Gasteiger partial charge in [-0.2, -0.15) is 9.41 Å². The average Bonchev–Trinajstić information content (AvgIpc) is 2.75. The van der Waals surface area contributed by atoms with Gasteiger partial charge in [0.25, 0.3) is 5.91 Å². The summed E-state index contributed by atoms with van der Waals surface area (Å²) in [5.74, 6) is -0.516. The van der Waals surface area contributed by atoms with Crippen LogP contribution in [0.5, 0.6) is 5.75 Å². The zero-order valence-corrected chi connectivity index (χ0v) is 18.8. The summed E-state index contributed by atoms with van der Waals surface area (Å²) >= 11 is 3.35. The molecule has 0 heterocycles. The number of carbonyl (C=O) groups is 1. The molecule has 2 N–H and O–H groups in total.